The Balaban J connectivity index is 1.33. The SMILES string of the molecule is C[C@H]1OCCN(C)[C@H]1CN1CCC(c2cc(-c3ccncc3)c(-c3ccc(F)cc3)[nH]2)CC1. The fourth-order valence-electron chi connectivity index (χ4n) is 5.30. The molecule has 0 unspecified atom stereocenters. The van der Waals surface area contributed by atoms with Gasteiger partial charge >= 0.3 is 0 Å². The van der Waals surface area contributed by atoms with Crippen molar-refractivity contribution in [2.75, 3.05) is 39.8 Å². The number of hydrogen-bond donors (Lipinski definition) is 1. The van der Waals surface area contributed by atoms with Gasteiger partial charge < -0.3 is 14.6 Å². The van der Waals surface area contributed by atoms with E-state index >= 15 is 0 Å². The van der Waals surface area contributed by atoms with E-state index in [-0.39, 0.29) is 11.9 Å². The molecule has 3 aromatic rings. The van der Waals surface area contributed by atoms with Crippen molar-refractivity contribution in [3.05, 3.63) is 66.4 Å². The van der Waals surface area contributed by atoms with Crippen LogP contribution in [-0.2, 0) is 4.74 Å². The largest absolute Gasteiger partial charge is 0.375 e. The molecule has 2 aliphatic heterocycles. The van der Waals surface area contributed by atoms with E-state index in [0.717, 1.165) is 68.0 Å². The maximum absolute atomic E-state index is 13.5. The molecule has 0 amide bonds. The van der Waals surface area contributed by atoms with Crippen molar-refractivity contribution in [1.82, 2.24) is 19.8 Å². The fraction of sp³-hybridized carbons (Fsp3) is 0.444. The molecule has 4 heterocycles. The van der Waals surface area contributed by atoms with Crippen LogP contribution in [0.5, 0.6) is 0 Å². The molecule has 0 saturated carbocycles. The Kier molecular flexibility index (Phi) is 6.58. The lowest BCUT2D eigenvalue weighted by Gasteiger charge is -2.42. The van der Waals surface area contributed by atoms with Gasteiger partial charge in [0.1, 0.15) is 5.82 Å². The average Bonchev–Trinajstić information content (AvgIpc) is 3.28. The number of aromatic nitrogens is 2. The monoisotopic (exact) mass is 448 g/mol. The third kappa shape index (κ3) is 4.88. The minimum Gasteiger partial charge on any atom is -0.375 e. The second kappa shape index (κ2) is 9.75. The van der Waals surface area contributed by atoms with Gasteiger partial charge in [0.05, 0.1) is 18.4 Å². The molecule has 0 radical (unpaired) electrons. The van der Waals surface area contributed by atoms with Crippen molar-refractivity contribution >= 4 is 0 Å². The summed E-state index contributed by atoms with van der Waals surface area (Å²) >= 11 is 0. The first-order valence-corrected chi connectivity index (χ1v) is 12.0. The Hall–Kier alpha value is -2.54. The first-order valence-electron chi connectivity index (χ1n) is 12.0. The Morgan fingerprint density at radius 3 is 2.45 bits per heavy atom. The normalized spacial score (nSPS) is 23.1. The number of benzene rings is 1. The molecule has 2 atom stereocenters. The zero-order valence-corrected chi connectivity index (χ0v) is 19.5. The van der Waals surface area contributed by atoms with Crippen LogP contribution >= 0.6 is 0 Å². The summed E-state index contributed by atoms with van der Waals surface area (Å²) in [5.41, 5.74) is 5.59. The van der Waals surface area contributed by atoms with E-state index in [9.17, 15) is 4.39 Å². The van der Waals surface area contributed by atoms with Crippen LogP contribution in [0.4, 0.5) is 4.39 Å². The van der Waals surface area contributed by atoms with Crippen molar-refractivity contribution < 1.29 is 9.13 Å². The Labute approximate surface area is 195 Å². The number of piperidine rings is 1. The maximum Gasteiger partial charge on any atom is 0.123 e. The summed E-state index contributed by atoms with van der Waals surface area (Å²) in [5, 5.41) is 0. The number of nitrogens with zero attached hydrogens (tertiary/aromatic N) is 3. The molecule has 1 N–H and O–H groups in total. The zero-order chi connectivity index (χ0) is 22.8. The summed E-state index contributed by atoms with van der Waals surface area (Å²) in [6, 6.07) is 13.6. The molecule has 2 aliphatic rings. The molecule has 5 rings (SSSR count). The minimum absolute atomic E-state index is 0.216. The lowest BCUT2D eigenvalue weighted by molar-refractivity contribution is -0.0624. The molecule has 2 aromatic heterocycles. The third-order valence-electron chi connectivity index (χ3n) is 7.37. The second-order valence-corrected chi connectivity index (χ2v) is 9.45. The van der Waals surface area contributed by atoms with E-state index in [1.165, 1.54) is 17.8 Å². The number of aromatic amines is 1. The number of halogens is 1. The van der Waals surface area contributed by atoms with Crippen molar-refractivity contribution in [2.24, 2.45) is 0 Å². The van der Waals surface area contributed by atoms with Gasteiger partial charge in [-0.3, -0.25) is 9.88 Å². The molecule has 6 heteroatoms. The van der Waals surface area contributed by atoms with E-state index in [2.05, 4.69) is 39.8 Å². The predicted octanol–water partition coefficient (Wildman–Crippen LogP) is 4.78. The second-order valence-electron chi connectivity index (χ2n) is 9.45. The van der Waals surface area contributed by atoms with Gasteiger partial charge in [0, 0.05) is 48.7 Å². The van der Waals surface area contributed by atoms with Gasteiger partial charge in [-0.05, 0) is 93.5 Å². The minimum atomic E-state index is -0.216. The van der Waals surface area contributed by atoms with Crippen molar-refractivity contribution in [3.63, 3.8) is 0 Å². The van der Waals surface area contributed by atoms with Crippen LogP contribution in [0.3, 0.4) is 0 Å². The lowest BCUT2D eigenvalue weighted by atomic mass is 9.92. The highest BCUT2D eigenvalue weighted by Gasteiger charge is 2.31. The van der Waals surface area contributed by atoms with Crippen LogP contribution in [0, 0.1) is 5.82 Å². The Morgan fingerprint density at radius 1 is 1.03 bits per heavy atom. The summed E-state index contributed by atoms with van der Waals surface area (Å²) in [4.78, 5) is 12.9. The summed E-state index contributed by atoms with van der Waals surface area (Å²) < 4.78 is 19.4. The number of rotatable bonds is 5. The van der Waals surface area contributed by atoms with Crippen LogP contribution in [0.1, 0.15) is 31.4 Å². The number of likely N-dealkylation sites (tertiary alicyclic amines) is 1. The molecule has 0 spiro atoms. The molecule has 2 saturated heterocycles. The van der Waals surface area contributed by atoms with E-state index in [4.69, 9.17) is 4.74 Å². The first kappa shape index (κ1) is 22.3. The van der Waals surface area contributed by atoms with Crippen molar-refractivity contribution in [1.29, 1.82) is 0 Å². The van der Waals surface area contributed by atoms with Gasteiger partial charge in [0.2, 0.25) is 0 Å². The smallest absolute Gasteiger partial charge is 0.123 e. The molecule has 33 heavy (non-hydrogen) atoms. The first-order chi connectivity index (χ1) is 16.1. The molecular weight excluding hydrogens is 415 g/mol. The highest BCUT2D eigenvalue weighted by atomic mass is 19.1. The molecule has 2 fully saturated rings. The number of H-pyrrole nitrogens is 1. The third-order valence-corrected chi connectivity index (χ3v) is 7.37. The number of hydrogen-bond acceptors (Lipinski definition) is 4. The number of pyridine rings is 1. The molecule has 0 bridgehead atoms. The van der Waals surface area contributed by atoms with Crippen LogP contribution in [0.25, 0.3) is 22.4 Å². The van der Waals surface area contributed by atoms with Gasteiger partial charge in [0.25, 0.3) is 0 Å². The van der Waals surface area contributed by atoms with Gasteiger partial charge in [-0.25, -0.2) is 4.39 Å². The molecule has 1 aromatic carbocycles. The average molecular weight is 449 g/mol. The van der Waals surface area contributed by atoms with E-state index in [0.29, 0.717) is 12.0 Å². The standard InChI is InChI=1S/C27H33FN4O/c1-19-26(31(2)15-16-33-19)18-32-13-9-21(10-14-32)25-17-24(20-7-11-29-12-8-20)27(30-25)22-3-5-23(28)6-4-22/h3-8,11-12,17,19,21,26,30H,9-10,13-16,18H2,1-2H3/t19-,26+/m1/s1. The number of ether oxygens (including phenoxy) is 1. The van der Waals surface area contributed by atoms with Crippen LogP contribution < -0.4 is 0 Å². The summed E-state index contributed by atoms with van der Waals surface area (Å²) in [7, 11) is 2.22. The topological polar surface area (TPSA) is 44.4 Å². The number of nitrogens with one attached hydrogen (secondary N) is 1. The molecular formula is C27H33FN4O. The van der Waals surface area contributed by atoms with E-state index < -0.39 is 0 Å². The molecule has 5 nitrogen and oxygen atoms in total. The number of likely N-dealkylation sites (N-methyl/N-ethyl adjacent to an activating group) is 1. The quantitative estimate of drug-likeness (QED) is 0.610. The van der Waals surface area contributed by atoms with E-state index in [1.54, 1.807) is 0 Å². The molecule has 174 valence electrons. The summed E-state index contributed by atoms with van der Waals surface area (Å²) in [6.45, 7) is 7.30. The zero-order valence-electron chi connectivity index (χ0n) is 19.5. The van der Waals surface area contributed by atoms with Gasteiger partial charge in [-0.2, -0.15) is 0 Å². The molecule has 0 aliphatic carbocycles. The predicted molar refractivity (Wildman–Crippen MR) is 130 cm³/mol. The highest BCUT2D eigenvalue weighted by Crippen LogP contribution is 2.37. The Bertz CT molecular complexity index is 1030. The van der Waals surface area contributed by atoms with Crippen LogP contribution in [-0.4, -0.2) is 71.7 Å². The van der Waals surface area contributed by atoms with Crippen molar-refractivity contribution in [3.8, 4) is 22.4 Å². The van der Waals surface area contributed by atoms with Gasteiger partial charge in [-0.15, -0.1) is 0 Å². The highest BCUT2D eigenvalue weighted by molar-refractivity contribution is 5.82. The van der Waals surface area contributed by atoms with Crippen LogP contribution in [0.15, 0.2) is 54.9 Å². The van der Waals surface area contributed by atoms with Crippen molar-refractivity contribution in [2.45, 2.75) is 37.8 Å². The van der Waals surface area contributed by atoms with E-state index in [1.807, 2.05) is 36.7 Å². The summed E-state index contributed by atoms with van der Waals surface area (Å²) in [6.07, 6.45) is 6.19. The summed E-state index contributed by atoms with van der Waals surface area (Å²) in [5.74, 6) is 0.278. The van der Waals surface area contributed by atoms with Crippen LogP contribution in [0.2, 0.25) is 0 Å². The fourth-order valence-corrected chi connectivity index (χ4v) is 5.30. The lowest BCUT2D eigenvalue weighted by Crippen LogP contribution is -2.54. The number of morpholine rings is 1. The Morgan fingerprint density at radius 2 is 1.76 bits per heavy atom. The maximum atomic E-state index is 13.5. The van der Waals surface area contributed by atoms with Gasteiger partial charge in [-0.1, -0.05) is 0 Å². The van der Waals surface area contributed by atoms with Gasteiger partial charge in [0.15, 0.2) is 0 Å².